The van der Waals surface area contributed by atoms with E-state index in [1.54, 1.807) is 0 Å². The van der Waals surface area contributed by atoms with Crippen LogP contribution in [-0.2, 0) is 18.5 Å². The minimum absolute atomic E-state index is 0.0640. The van der Waals surface area contributed by atoms with E-state index in [-0.39, 0.29) is 5.41 Å². The SMILES string of the molecule is CCN(CC)Cc1cc(CN(CC)CC)c(O)c(C(C)(C)C)c1C. The summed E-state index contributed by atoms with van der Waals surface area (Å²) in [5.41, 5.74) is 4.70. The van der Waals surface area contributed by atoms with Crippen molar-refractivity contribution in [2.24, 2.45) is 0 Å². The van der Waals surface area contributed by atoms with Crippen LogP contribution in [0, 0.1) is 6.92 Å². The molecule has 0 saturated heterocycles. The Hall–Kier alpha value is -1.06. The Morgan fingerprint density at radius 3 is 1.62 bits per heavy atom. The Morgan fingerprint density at radius 2 is 1.25 bits per heavy atom. The second-order valence-electron chi connectivity index (χ2n) is 7.72. The van der Waals surface area contributed by atoms with Gasteiger partial charge >= 0.3 is 0 Å². The summed E-state index contributed by atoms with van der Waals surface area (Å²) >= 11 is 0. The molecule has 24 heavy (non-hydrogen) atoms. The molecule has 0 fully saturated rings. The molecule has 0 bridgehead atoms. The highest BCUT2D eigenvalue weighted by atomic mass is 16.3. The van der Waals surface area contributed by atoms with Gasteiger partial charge in [-0.25, -0.2) is 0 Å². The fraction of sp³-hybridized carbons (Fsp3) is 0.714. The lowest BCUT2D eigenvalue weighted by atomic mass is 9.80. The number of nitrogens with zero attached hydrogens (tertiary/aromatic N) is 2. The van der Waals surface area contributed by atoms with Crippen LogP contribution in [0.3, 0.4) is 0 Å². The molecule has 0 aliphatic carbocycles. The lowest BCUT2D eigenvalue weighted by Crippen LogP contribution is -2.26. The zero-order valence-electron chi connectivity index (χ0n) is 17.2. The van der Waals surface area contributed by atoms with E-state index in [4.69, 9.17) is 0 Å². The Morgan fingerprint density at radius 1 is 0.833 bits per heavy atom. The van der Waals surface area contributed by atoms with Crippen LogP contribution in [0.2, 0.25) is 0 Å². The lowest BCUT2D eigenvalue weighted by Gasteiger charge is -2.29. The zero-order chi connectivity index (χ0) is 18.5. The Labute approximate surface area is 149 Å². The maximum absolute atomic E-state index is 11.0. The van der Waals surface area contributed by atoms with Gasteiger partial charge in [0.25, 0.3) is 0 Å². The van der Waals surface area contributed by atoms with Gasteiger partial charge in [0.05, 0.1) is 0 Å². The standard InChI is InChI=1S/C21H38N2O/c1-9-22(10-2)14-17-13-18(15-23(11-3)12-4)20(24)19(16(17)5)21(6,7)8/h13,24H,9-12,14-15H2,1-8H3. The van der Waals surface area contributed by atoms with Crippen molar-refractivity contribution >= 4 is 0 Å². The molecule has 0 aliphatic rings. The van der Waals surface area contributed by atoms with Gasteiger partial charge in [0.2, 0.25) is 0 Å². The minimum atomic E-state index is -0.0640. The maximum atomic E-state index is 11.0. The summed E-state index contributed by atoms with van der Waals surface area (Å²) < 4.78 is 0. The van der Waals surface area contributed by atoms with Crippen LogP contribution >= 0.6 is 0 Å². The van der Waals surface area contributed by atoms with E-state index in [0.717, 1.165) is 50.4 Å². The molecule has 0 amide bonds. The average molecular weight is 335 g/mol. The molecule has 138 valence electrons. The third-order valence-electron chi connectivity index (χ3n) is 5.07. The zero-order valence-corrected chi connectivity index (χ0v) is 17.2. The van der Waals surface area contributed by atoms with E-state index >= 15 is 0 Å². The van der Waals surface area contributed by atoms with Gasteiger partial charge in [-0.3, -0.25) is 9.80 Å². The van der Waals surface area contributed by atoms with E-state index in [0.29, 0.717) is 5.75 Å². The first-order chi connectivity index (χ1) is 11.2. The molecule has 0 unspecified atom stereocenters. The van der Waals surface area contributed by atoms with Gasteiger partial charge in [-0.15, -0.1) is 0 Å². The number of hydrogen-bond donors (Lipinski definition) is 1. The highest BCUT2D eigenvalue weighted by Gasteiger charge is 2.25. The second kappa shape index (κ2) is 8.87. The number of rotatable bonds is 8. The van der Waals surface area contributed by atoms with Crippen molar-refractivity contribution in [2.75, 3.05) is 26.2 Å². The monoisotopic (exact) mass is 334 g/mol. The third-order valence-corrected chi connectivity index (χ3v) is 5.07. The topological polar surface area (TPSA) is 26.7 Å². The maximum Gasteiger partial charge on any atom is 0.124 e. The van der Waals surface area contributed by atoms with Gasteiger partial charge in [-0.2, -0.15) is 0 Å². The molecule has 0 atom stereocenters. The van der Waals surface area contributed by atoms with Crippen LogP contribution in [0.4, 0.5) is 0 Å². The number of phenolic OH excluding ortho intramolecular Hbond substituents is 1. The number of benzene rings is 1. The van der Waals surface area contributed by atoms with Gasteiger partial charge in [-0.05, 0) is 55.7 Å². The van der Waals surface area contributed by atoms with Crippen LogP contribution in [0.1, 0.15) is 70.7 Å². The van der Waals surface area contributed by atoms with E-state index in [9.17, 15) is 5.11 Å². The summed E-state index contributed by atoms with van der Waals surface area (Å²) in [7, 11) is 0. The van der Waals surface area contributed by atoms with Gasteiger partial charge in [0.1, 0.15) is 5.75 Å². The molecular weight excluding hydrogens is 296 g/mol. The largest absolute Gasteiger partial charge is 0.507 e. The van der Waals surface area contributed by atoms with Crippen LogP contribution < -0.4 is 0 Å². The van der Waals surface area contributed by atoms with Crippen LogP contribution in [0.15, 0.2) is 6.07 Å². The molecular formula is C21H38N2O. The quantitative estimate of drug-likeness (QED) is 0.747. The second-order valence-corrected chi connectivity index (χ2v) is 7.72. The molecule has 0 aromatic heterocycles. The van der Waals surface area contributed by atoms with Gasteiger partial charge in [-0.1, -0.05) is 48.5 Å². The van der Waals surface area contributed by atoms with Crippen molar-refractivity contribution in [3.8, 4) is 5.75 Å². The minimum Gasteiger partial charge on any atom is -0.507 e. The number of aromatic hydroxyl groups is 1. The summed E-state index contributed by atoms with van der Waals surface area (Å²) in [6.07, 6.45) is 0. The summed E-state index contributed by atoms with van der Waals surface area (Å²) in [4.78, 5) is 4.80. The summed E-state index contributed by atoms with van der Waals surface area (Å²) in [6, 6.07) is 2.23. The Balaban J connectivity index is 3.43. The molecule has 1 N–H and O–H groups in total. The van der Waals surface area contributed by atoms with Gasteiger partial charge in [0.15, 0.2) is 0 Å². The molecule has 1 rings (SSSR count). The summed E-state index contributed by atoms with van der Waals surface area (Å²) in [5, 5.41) is 11.0. The highest BCUT2D eigenvalue weighted by Crippen LogP contribution is 2.38. The highest BCUT2D eigenvalue weighted by molar-refractivity contribution is 5.52. The van der Waals surface area contributed by atoms with E-state index in [1.165, 1.54) is 11.1 Å². The van der Waals surface area contributed by atoms with Crippen molar-refractivity contribution in [2.45, 2.75) is 73.9 Å². The Bertz CT molecular complexity index is 485. The first-order valence-electron chi connectivity index (χ1n) is 9.48. The van der Waals surface area contributed by atoms with Crippen molar-refractivity contribution in [3.05, 3.63) is 28.3 Å². The first kappa shape index (κ1) is 21.0. The molecule has 3 nitrogen and oxygen atoms in total. The molecule has 0 spiro atoms. The van der Waals surface area contributed by atoms with Crippen molar-refractivity contribution in [1.29, 1.82) is 0 Å². The predicted octanol–water partition coefficient (Wildman–Crippen LogP) is 4.68. The Kier molecular flexibility index (Phi) is 7.75. The van der Waals surface area contributed by atoms with E-state index < -0.39 is 0 Å². The van der Waals surface area contributed by atoms with Crippen LogP contribution in [-0.4, -0.2) is 41.1 Å². The van der Waals surface area contributed by atoms with Crippen LogP contribution in [0.5, 0.6) is 5.75 Å². The van der Waals surface area contributed by atoms with Crippen molar-refractivity contribution in [1.82, 2.24) is 9.80 Å². The summed E-state index contributed by atoms with van der Waals surface area (Å²) in [5.74, 6) is 0.496. The number of phenols is 1. The molecule has 3 heteroatoms. The van der Waals surface area contributed by atoms with Crippen molar-refractivity contribution < 1.29 is 5.11 Å². The van der Waals surface area contributed by atoms with Gasteiger partial charge < -0.3 is 5.11 Å². The predicted molar refractivity (Wildman–Crippen MR) is 105 cm³/mol. The number of hydrogen-bond acceptors (Lipinski definition) is 3. The summed E-state index contributed by atoms with van der Waals surface area (Å²) in [6.45, 7) is 23.4. The third kappa shape index (κ3) is 4.97. The smallest absolute Gasteiger partial charge is 0.124 e. The lowest BCUT2D eigenvalue weighted by molar-refractivity contribution is 0.285. The fourth-order valence-corrected chi connectivity index (χ4v) is 3.46. The van der Waals surface area contributed by atoms with E-state index in [2.05, 4.69) is 71.3 Å². The fourth-order valence-electron chi connectivity index (χ4n) is 3.46. The van der Waals surface area contributed by atoms with Crippen molar-refractivity contribution in [3.63, 3.8) is 0 Å². The molecule has 1 aromatic rings. The molecule has 1 aromatic carbocycles. The van der Waals surface area contributed by atoms with Crippen LogP contribution in [0.25, 0.3) is 0 Å². The molecule has 0 saturated carbocycles. The van der Waals surface area contributed by atoms with E-state index in [1.807, 2.05) is 0 Å². The molecule has 0 heterocycles. The molecule has 0 radical (unpaired) electrons. The normalized spacial score (nSPS) is 12.4. The first-order valence-corrected chi connectivity index (χ1v) is 9.48. The van der Waals surface area contributed by atoms with Gasteiger partial charge in [0, 0.05) is 24.2 Å². The molecule has 0 aliphatic heterocycles. The average Bonchev–Trinajstić information content (AvgIpc) is 2.52.